The first-order valence-electron chi connectivity index (χ1n) is 3.88. The molecule has 2 rings (SSSR count). The normalized spacial score (nSPS) is 36.9. The predicted molar refractivity (Wildman–Crippen MR) is 39.6 cm³/mol. The third-order valence-corrected chi connectivity index (χ3v) is 2.47. The van der Waals surface area contributed by atoms with Gasteiger partial charge in [0.25, 0.3) is 0 Å². The molecule has 3 nitrogen and oxygen atoms in total. The first-order chi connectivity index (χ1) is 5.22. The van der Waals surface area contributed by atoms with Gasteiger partial charge in [-0.3, -0.25) is 4.79 Å². The Hall–Kier alpha value is -0.830. The fourth-order valence-electron chi connectivity index (χ4n) is 1.88. The number of nitrogens with zero attached hydrogens (tertiary/aromatic N) is 1. The van der Waals surface area contributed by atoms with Crippen molar-refractivity contribution in [2.24, 2.45) is 5.92 Å². The Morgan fingerprint density at radius 3 is 3.18 bits per heavy atom. The molecule has 0 aliphatic carbocycles. The lowest BCUT2D eigenvalue weighted by atomic mass is 9.84. The molecule has 1 fully saturated rings. The minimum Gasteiger partial charge on any atom is -0.393 e. The molecule has 3 unspecified atom stereocenters. The third-order valence-electron chi connectivity index (χ3n) is 2.47. The molecule has 3 atom stereocenters. The number of hydrogen-bond acceptors (Lipinski definition) is 2. The topological polar surface area (TPSA) is 40.5 Å². The summed E-state index contributed by atoms with van der Waals surface area (Å²) in [4.78, 5) is 12.9. The van der Waals surface area contributed by atoms with Crippen LogP contribution in [-0.2, 0) is 4.79 Å². The molecule has 0 radical (unpaired) electrons. The summed E-state index contributed by atoms with van der Waals surface area (Å²) in [6.45, 7) is 1.68. The number of fused-ring (bicyclic) bond motifs is 1. The largest absolute Gasteiger partial charge is 0.393 e. The van der Waals surface area contributed by atoms with Crippen molar-refractivity contribution in [3.63, 3.8) is 0 Å². The van der Waals surface area contributed by atoms with Crippen LogP contribution in [-0.4, -0.2) is 28.1 Å². The minimum atomic E-state index is -0.497. The van der Waals surface area contributed by atoms with Gasteiger partial charge in [0, 0.05) is 6.20 Å². The Bertz CT molecular complexity index is 222. The lowest BCUT2D eigenvalue weighted by Gasteiger charge is -2.43. The maximum atomic E-state index is 11.2. The zero-order chi connectivity index (χ0) is 8.01. The zero-order valence-electron chi connectivity index (χ0n) is 6.40. The van der Waals surface area contributed by atoms with Gasteiger partial charge in [-0.25, -0.2) is 0 Å². The molecule has 0 aromatic rings. The highest BCUT2D eigenvalue weighted by atomic mass is 16.3. The summed E-state index contributed by atoms with van der Waals surface area (Å²) in [5.74, 6) is -0.0799. The molecule has 0 spiro atoms. The van der Waals surface area contributed by atoms with Crippen molar-refractivity contribution < 1.29 is 9.90 Å². The second-order valence-electron chi connectivity index (χ2n) is 3.20. The second-order valence-corrected chi connectivity index (χ2v) is 3.20. The molecule has 1 N–H and O–H groups in total. The zero-order valence-corrected chi connectivity index (χ0v) is 6.40. The number of carbonyl (C=O) groups excluding carboxylic acids is 1. The number of aliphatic hydroxyl groups is 1. The van der Waals surface area contributed by atoms with Gasteiger partial charge in [0.2, 0.25) is 5.91 Å². The molecule has 1 saturated heterocycles. The SMILES string of the molecule is CC(O)C1C(=O)N2C=CCC12. The highest BCUT2D eigenvalue weighted by Crippen LogP contribution is 2.35. The molecule has 1 amide bonds. The molecule has 3 heteroatoms. The molecule has 2 heterocycles. The summed E-state index contributed by atoms with van der Waals surface area (Å²) in [6.07, 6.45) is 4.20. The number of hydrogen-bond donors (Lipinski definition) is 1. The van der Waals surface area contributed by atoms with Crippen LogP contribution in [0.2, 0.25) is 0 Å². The molecule has 0 aromatic heterocycles. The summed E-state index contributed by atoms with van der Waals surface area (Å²) < 4.78 is 0. The van der Waals surface area contributed by atoms with Gasteiger partial charge >= 0.3 is 0 Å². The van der Waals surface area contributed by atoms with Crippen molar-refractivity contribution in [1.82, 2.24) is 4.90 Å². The molecule has 11 heavy (non-hydrogen) atoms. The molecule has 60 valence electrons. The van der Waals surface area contributed by atoms with E-state index in [0.717, 1.165) is 6.42 Å². The van der Waals surface area contributed by atoms with Crippen LogP contribution in [0.3, 0.4) is 0 Å². The van der Waals surface area contributed by atoms with Gasteiger partial charge in [-0.05, 0) is 13.3 Å². The molecule has 2 aliphatic heterocycles. The van der Waals surface area contributed by atoms with Gasteiger partial charge < -0.3 is 10.0 Å². The van der Waals surface area contributed by atoms with Gasteiger partial charge in [-0.1, -0.05) is 6.08 Å². The number of aliphatic hydroxyl groups excluding tert-OH is 1. The smallest absolute Gasteiger partial charge is 0.234 e. The predicted octanol–water partition coefficient (Wildman–Crippen LogP) is 0.112. The average Bonchev–Trinajstić information content (AvgIpc) is 2.30. The minimum absolute atomic E-state index is 0.0683. The highest BCUT2D eigenvalue weighted by molar-refractivity contribution is 5.88. The van der Waals surface area contributed by atoms with E-state index in [1.165, 1.54) is 0 Å². The molecule has 2 aliphatic rings. The standard InChI is InChI=1S/C8H11NO2/c1-5(10)7-6-3-2-4-9(6)8(7)11/h2,4-7,10H,3H2,1H3. The Morgan fingerprint density at radius 1 is 1.82 bits per heavy atom. The van der Waals surface area contributed by atoms with Gasteiger partial charge in [0.15, 0.2) is 0 Å². The quantitative estimate of drug-likeness (QED) is 0.543. The van der Waals surface area contributed by atoms with Crippen molar-refractivity contribution in [1.29, 1.82) is 0 Å². The Labute approximate surface area is 65.3 Å². The van der Waals surface area contributed by atoms with E-state index in [4.69, 9.17) is 0 Å². The van der Waals surface area contributed by atoms with Crippen LogP contribution in [0.15, 0.2) is 12.3 Å². The van der Waals surface area contributed by atoms with Gasteiger partial charge in [0.1, 0.15) is 0 Å². The number of β-lactam (4-membered cyclic amide) rings is 1. The number of rotatable bonds is 1. The van der Waals surface area contributed by atoms with Crippen molar-refractivity contribution in [2.45, 2.75) is 25.5 Å². The summed E-state index contributed by atoms with van der Waals surface area (Å²) in [5, 5.41) is 9.21. The van der Waals surface area contributed by atoms with E-state index >= 15 is 0 Å². The van der Waals surface area contributed by atoms with E-state index in [1.54, 1.807) is 11.8 Å². The Kier molecular flexibility index (Phi) is 1.29. The summed E-state index contributed by atoms with van der Waals surface area (Å²) >= 11 is 0. The Balaban J connectivity index is 2.12. The van der Waals surface area contributed by atoms with Crippen LogP contribution in [0.25, 0.3) is 0 Å². The maximum absolute atomic E-state index is 11.2. The second kappa shape index (κ2) is 2.08. The van der Waals surface area contributed by atoms with Gasteiger partial charge in [-0.15, -0.1) is 0 Å². The van der Waals surface area contributed by atoms with E-state index in [-0.39, 0.29) is 17.9 Å². The van der Waals surface area contributed by atoms with Crippen LogP contribution in [0.1, 0.15) is 13.3 Å². The fraction of sp³-hybridized carbons (Fsp3) is 0.625. The van der Waals surface area contributed by atoms with E-state index in [1.807, 2.05) is 12.3 Å². The van der Waals surface area contributed by atoms with Crippen molar-refractivity contribution in [3.8, 4) is 0 Å². The molecule has 0 bridgehead atoms. The lowest BCUT2D eigenvalue weighted by molar-refractivity contribution is -0.156. The summed E-state index contributed by atoms with van der Waals surface area (Å²) in [6, 6.07) is 0.252. The van der Waals surface area contributed by atoms with Crippen LogP contribution in [0.5, 0.6) is 0 Å². The lowest BCUT2D eigenvalue weighted by Crippen LogP contribution is -2.59. The molecule has 0 saturated carbocycles. The van der Waals surface area contributed by atoms with Crippen molar-refractivity contribution in [2.75, 3.05) is 0 Å². The first-order valence-corrected chi connectivity index (χ1v) is 3.88. The first kappa shape index (κ1) is 6.85. The molecular formula is C8H11NO2. The van der Waals surface area contributed by atoms with Crippen LogP contribution in [0.4, 0.5) is 0 Å². The van der Waals surface area contributed by atoms with E-state index in [2.05, 4.69) is 0 Å². The van der Waals surface area contributed by atoms with Gasteiger partial charge in [0.05, 0.1) is 18.1 Å². The summed E-state index contributed by atoms with van der Waals surface area (Å²) in [5.41, 5.74) is 0. The molecular weight excluding hydrogens is 142 g/mol. The van der Waals surface area contributed by atoms with Crippen molar-refractivity contribution >= 4 is 5.91 Å². The van der Waals surface area contributed by atoms with Crippen LogP contribution in [0, 0.1) is 5.92 Å². The number of amides is 1. The average molecular weight is 153 g/mol. The van der Waals surface area contributed by atoms with E-state index < -0.39 is 6.10 Å². The maximum Gasteiger partial charge on any atom is 0.234 e. The van der Waals surface area contributed by atoms with Crippen LogP contribution < -0.4 is 0 Å². The van der Waals surface area contributed by atoms with E-state index in [9.17, 15) is 9.90 Å². The molecule has 0 aromatic carbocycles. The third kappa shape index (κ3) is 0.744. The summed E-state index contributed by atoms with van der Waals surface area (Å²) in [7, 11) is 0. The van der Waals surface area contributed by atoms with Crippen LogP contribution >= 0.6 is 0 Å². The highest BCUT2D eigenvalue weighted by Gasteiger charge is 2.49. The van der Waals surface area contributed by atoms with E-state index in [0.29, 0.717) is 0 Å². The van der Waals surface area contributed by atoms with Gasteiger partial charge in [-0.2, -0.15) is 0 Å². The Morgan fingerprint density at radius 2 is 2.55 bits per heavy atom. The fourth-order valence-corrected chi connectivity index (χ4v) is 1.88. The monoisotopic (exact) mass is 153 g/mol. The van der Waals surface area contributed by atoms with Crippen molar-refractivity contribution in [3.05, 3.63) is 12.3 Å². The number of carbonyl (C=O) groups is 1.